The molecule has 112 valence electrons. The Morgan fingerprint density at radius 2 is 1.95 bits per heavy atom. The number of fused-ring (bicyclic) bond motifs is 1. The summed E-state index contributed by atoms with van der Waals surface area (Å²) in [5.41, 5.74) is 2.83. The molecular formula is C16H23BN2O2. The average molecular weight is 286 g/mol. The molecule has 0 saturated carbocycles. The topological polar surface area (TPSA) is 43.4 Å². The van der Waals surface area contributed by atoms with Gasteiger partial charge in [0.25, 0.3) is 0 Å². The maximum absolute atomic E-state index is 5.95. The number of nitrogens with one attached hydrogen (secondary N) is 1. The predicted molar refractivity (Wildman–Crippen MR) is 86.2 cm³/mol. The molecule has 5 heteroatoms. The molecule has 1 aromatic heterocycles. The highest BCUT2D eigenvalue weighted by molar-refractivity contribution is 6.52. The molecule has 0 spiro atoms. The second-order valence-corrected chi connectivity index (χ2v) is 6.78. The SMILES string of the molecule is CC1(C)OB(/C=C/c2cc3c(cn2)CCCN3)OC1(C)C. The van der Waals surface area contributed by atoms with Crippen molar-refractivity contribution < 1.29 is 9.31 Å². The van der Waals surface area contributed by atoms with E-state index in [0.29, 0.717) is 0 Å². The Kier molecular flexibility index (Phi) is 3.58. The minimum atomic E-state index is -0.319. The number of anilines is 1. The Morgan fingerprint density at radius 1 is 1.24 bits per heavy atom. The summed E-state index contributed by atoms with van der Waals surface area (Å²) in [6.07, 6.45) is 6.22. The van der Waals surface area contributed by atoms with Crippen LogP contribution in [0.3, 0.4) is 0 Å². The van der Waals surface area contributed by atoms with Gasteiger partial charge in [-0.25, -0.2) is 0 Å². The highest BCUT2D eigenvalue weighted by Gasteiger charge is 2.49. The number of rotatable bonds is 2. The molecule has 0 unspecified atom stereocenters. The van der Waals surface area contributed by atoms with Crippen molar-refractivity contribution in [1.82, 2.24) is 4.98 Å². The van der Waals surface area contributed by atoms with Crippen LogP contribution >= 0.6 is 0 Å². The first kappa shape index (κ1) is 14.6. The monoisotopic (exact) mass is 286 g/mol. The van der Waals surface area contributed by atoms with Gasteiger partial charge in [-0.15, -0.1) is 0 Å². The molecule has 4 nitrogen and oxygen atoms in total. The van der Waals surface area contributed by atoms with Gasteiger partial charge in [-0.05, 0) is 58.2 Å². The van der Waals surface area contributed by atoms with Crippen LogP contribution in [-0.4, -0.2) is 29.8 Å². The lowest BCUT2D eigenvalue weighted by Crippen LogP contribution is -2.41. The first-order valence-electron chi connectivity index (χ1n) is 7.64. The zero-order chi connectivity index (χ0) is 15.1. The molecule has 0 amide bonds. The summed E-state index contributed by atoms with van der Waals surface area (Å²) in [6.45, 7) is 9.27. The molecular weight excluding hydrogens is 263 g/mol. The van der Waals surface area contributed by atoms with Crippen LogP contribution in [0.1, 0.15) is 45.4 Å². The van der Waals surface area contributed by atoms with Gasteiger partial charge >= 0.3 is 7.12 Å². The second-order valence-electron chi connectivity index (χ2n) is 6.78. The molecule has 3 rings (SSSR count). The molecule has 1 aromatic rings. The van der Waals surface area contributed by atoms with Crippen molar-refractivity contribution in [2.45, 2.75) is 51.7 Å². The van der Waals surface area contributed by atoms with Gasteiger partial charge in [0.1, 0.15) is 0 Å². The molecule has 1 N–H and O–H groups in total. The maximum atomic E-state index is 5.95. The number of hydrogen-bond donors (Lipinski definition) is 1. The van der Waals surface area contributed by atoms with Gasteiger partial charge in [-0.1, -0.05) is 5.98 Å². The standard InChI is InChI=1S/C16H23BN2O2/c1-15(2)16(3,4)21-17(20-15)8-7-13-10-14-12(11-19-13)6-5-9-18-14/h7-8,10-11,18H,5-6,9H2,1-4H3/b8-7+. The van der Waals surface area contributed by atoms with E-state index in [1.54, 1.807) is 0 Å². The Bertz CT molecular complexity index is 553. The normalized spacial score (nSPS) is 23.1. The number of pyridine rings is 1. The number of aromatic nitrogens is 1. The predicted octanol–water partition coefficient (Wildman–Crippen LogP) is 3.08. The Hall–Kier alpha value is -1.33. The third kappa shape index (κ3) is 2.85. The van der Waals surface area contributed by atoms with Crippen molar-refractivity contribution in [3.63, 3.8) is 0 Å². The van der Waals surface area contributed by atoms with Crippen LogP contribution in [0.15, 0.2) is 18.2 Å². The molecule has 2 aliphatic rings. The smallest absolute Gasteiger partial charge is 0.400 e. The molecule has 0 radical (unpaired) electrons. The van der Waals surface area contributed by atoms with Crippen molar-refractivity contribution in [3.05, 3.63) is 29.5 Å². The fourth-order valence-electron chi connectivity index (χ4n) is 2.60. The maximum Gasteiger partial charge on any atom is 0.487 e. The molecule has 1 saturated heterocycles. The molecule has 3 heterocycles. The first-order chi connectivity index (χ1) is 9.87. The molecule has 0 atom stereocenters. The van der Waals surface area contributed by atoms with E-state index >= 15 is 0 Å². The van der Waals surface area contributed by atoms with Gasteiger partial charge in [0.2, 0.25) is 0 Å². The van der Waals surface area contributed by atoms with Gasteiger partial charge in [0.15, 0.2) is 0 Å². The second kappa shape index (κ2) is 5.14. The Balaban J connectivity index is 1.73. The first-order valence-corrected chi connectivity index (χ1v) is 7.64. The van der Waals surface area contributed by atoms with Crippen molar-refractivity contribution in [3.8, 4) is 0 Å². The summed E-state index contributed by atoms with van der Waals surface area (Å²) in [6, 6.07) is 2.09. The third-order valence-electron chi connectivity index (χ3n) is 4.64. The minimum Gasteiger partial charge on any atom is -0.400 e. The van der Waals surface area contributed by atoms with Crippen LogP contribution in [0.25, 0.3) is 6.08 Å². The van der Waals surface area contributed by atoms with Crippen molar-refractivity contribution in [1.29, 1.82) is 0 Å². The van der Waals surface area contributed by atoms with E-state index in [1.807, 2.05) is 18.2 Å². The quantitative estimate of drug-likeness (QED) is 0.848. The fraction of sp³-hybridized carbons (Fsp3) is 0.562. The van der Waals surface area contributed by atoms with Gasteiger partial charge in [0, 0.05) is 18.4 Å². The van der Waals surface area contributed by atoms with Crippen LogP contribution < -0.4 is 5.32 Å². The lowest BCUT2D eigenvalue weighted by molar-refractivity contribution is 0.00578. The van der Waals surface area contributed by atoms with Crippen LogP contribution in [0.5, 0.6) is 0 Å². The zero-order valence-corrected chi connectivity index (χ0v) is 13.3. The molecule has 0 aromatic carbocycles. The van der Waals surface area contributed by atoms with Crippen LogP contribution in [0, 0.1) is 0 Å². The summed E-state index contributed by atoms with van der Waals surface area (Å²) < 4.78 is 11.9. The average Bonchev–Trinajstić information content (AvgIpc) is 2.64. The molecule has 21 heavy (non-hydrogen) atoms. The summed E-state index contributed by atoms with van der Waals surface area (Å²) in [5, 5.41) is 3.42. The summed E-state index contributed by atoms with van der Waals surface area (Å²) in [5.74, 6) is 1.94. The minimum absolute atomic E-state index is 0.299. The Morgan fingerprint density at radius 3 is 2.67 bits per heavy atom. The van der Waals surface area contributed by atoms with Crippen LogP contribution in [-0.2, 0) is 15.7 Å². The molecule has 1 fully saturated rings. The van der Waals surface area contributed by atoms with Gasteiger partial charge in [-0.3, -0.25) is 4.98 Å². The third-order valence-corrected chi connectivity index (χ3v) is 4.64. The zero-order valence-electron chi connectivity index (χ0n) is 13.3. The largest absolute Gasteiger partial charge is 0.487 e. The van der Waals surface area contributed by atoms with E-state index in [9.17, 15) is 0 Å². The van der Waals surface area contributed by atoms with Gasteiger partial charge < -0.3 is 14.6 Å². The molecule has 0 aliphatic carbocycles. The van der Waals surface area contributed by atoms with Gasteiger partial charge in [-0.2, -0.15) is 0 Å². The summed E-state index contributed by atoms with van der Waals surface area (Å²) in [7, 11) is -0.319. The lowest BCUT2D eigenvalue weighted by atomic mass is 9.89. The number of hydrogen-bond acceptors (Lipinski definition) is 4. The van der Waals surface area contributed by atoms with E-state index in [-0.39, 0.29) is 18.3 Å². The van der Waals surface area contributed by atoms with Crippen molar-refractivity contribution in [2.75, 3.05) is 11.9 Å². The summed E-state index contributed by atoms with van der Waals surface area (Å²) in [4.78, 5) is 4.49. The van der Waals surface area contributed by atoms with E-state index in [0.717, 1.165) is 18.7 Å². The van der Waals surface area contributed by atoms with Crippen LogP contribution in [0.2, 0.25) is 0 Å². The molecule has 0 bridgehead atoms. The van der Waals surface area contributed by atoms with E-state index < -0.39 is 0 Å². The van der Waals surface area contributed by atoms with E-state index in [2.05, 4.69) is 44.1 Å². The lowest BCUT2D eigenvalue weighted by Gasteiger charge is -2.32. The Labute approximate surface area is 127 Å². The highest BCUT2D eigenvalue weighted by atomic mass is 16.7. The molecule has 2 aliphatic heterocycles. The van der Waals surface area contributed by atoms with E-state index in [4.69, 9.17) is 9.31 Å². The van der Waals surface area contributed by atoms with Gasteiger partial charge in [0.05, 0.1) is 16.9 Å². The fourth-order valence-corrected chi connectivity index (χ4v) is 2.60. The van der Waals surface area contributed by atoms with Crippen molar-refractivity contribution >= 4 is 18.9 Å². The number of nitrogens with zero attached hydrogens (tertiary/aromatic N) is 1. The van der Waals surface area contributed by atoms with E-state index in [1.165, 1.54) is 17.7 Å². The van der Waals surface area contributed by atoms with Crippen molar-refractivity contribution in [2.24, 2.45) is 0 Å². The number of aryl methyl sites for hydroxylation is 1. The van der Waals surface area contributed by atoms with Crippen LogP contribution in [0.4, 0.5) is 5.69 Å². The summed E-state index contributed by atoms with van der Waals surface area (Å²) >= 11 is 0. The highest BCUT2D eigenvalue weighted by Crippen LogP contribution is 2.37.